The van der Waals surface area contributed by atoms with Crippen LogP contribution in [0.5, 0.6) is 0 Å². The standard InChI is InChI=1S/C15H18N2O3S2/c1-2-20-15(19)13-10(11-5-4-8-21-11)9-22-14(13)17-12(18)6-3-7-16/h4-5,8-9H,2-3,6-7,16H2,1H3,(H,17,18). The second-order valence-electron chi connectivity index (χ2n) is 4.49. The molecular weight excluding hydrogens is 320 g/mol. The summed E-state index contributed by atoms with van der Waals surface area (Å²) in [5, 5.41) is 7.14. The molecule has 0 saturated carbocycles. The van der Waals surface area contributed by atoms with Gasteiger partial charge < -0.3 is 15.8 Å². The lowest BCUT2D eigenvalue weighted by Crippen LogP contribution is -2.15. The fourth-order valence-corrected chi connectivity index (χ4v) is 3.71. The van der Waals surface area contributed by atoms with E-state index in [-0.39, 0.29) is 5.91 Å². The fraction of sp³-hybridized carbons (Fsp3) is 0.333. The fourth-order valence-electron chi connectivity index (χ4n) is 1.92. The summed E-state index contributed by atoms with van der Waals surface area (Å²) in [6.07, 6.45) is 0.953. The van der Waals surface area contributed by atoms with Gasteiger partial charge in [0.05, 0.1) is 6.61 Å². The molecule has 3 N–H and O–H groups in total. The van der Waals surface area contributed by atoms with Gasteiger partial charge in [0.1, 0.15) is 10.6 Å². The average molecular weight is 338 g/mol. The molecule has 1 amide bonds. The third-order valence-corrected chi connectivity index (χ3v) is 4.72. The molecule has 0 aliphatic rings. The Morgan fingerprint density at radius 1 is 1.36 bits per heavy atom. The van der Waals surface area contributed by atoms with Crippen LogP contribution in [0, 0.1) is 0 Å². The molecule has 0 aliphatic carbocycles. The van der Waals surface area contributed by atoms with E-state index in [0.717, 1.165) is 10.4 Å². The molecule has 0 bridgehead atoms. The number of carbonyl (C=O) groups is 2. The van der Waals surface area contributed by atoms with Gasteiger partial charge in [0.25, 0.3) is 0 Å². The van der Waals surface area contributed by atoms with Gasteiger partial charge in [-0.05, 0) is 31.3 Å². The van der Waals surface area contributed by atoms with Gasteiger partial charge in [0.2, 0.25) is 5.91 Å². The van der Waals surface area contributed by atoms with Crippen LogP contribution >= 0.6 is 22.7 Å². The van der Waals surface area contributed by atoms with E-state index in [2.05, 4.69) is 5.32 Å². The highest BCUT2D eigenvalue weighted by atomic mass is 32.1. The highest BCUT2D eigenvalue weighted by Crippen LogP contribution is 2.38. The van der Waals surface area contributed by atoms with Crippen LogP contribution in [-0.2, 0) is 9.53 Å². The topological polar surface area (TPSA) is 81.4 Å². The van der Waals surface area contributed by atoms with E-state index in [9.17, 15) is 9.59 Å². The molecule has 0 saturated heterocycles. The van der Waals surface area contributed by atoms with E-state index in [0.29, 0.717) is 36.6 Å². The Balaban J connectivity index is 2.29. The first-order valence-corrected chi connectivity index (χ1v) is 8.75. The van der Waals surface area contributed by atoms with Crippen molar-refractivity contribution in [2.24, 2.45) is 5.73 Å². The SMILES string of the molecule is CCOC(=O)c1c(-c2cccs2)csc1NC(=O)CCCN. The van der Waals surface area contributed by atoms with Crippen molar-refractivity contribution in [2.75, 3.05) is 18.5 Å². The second-order valence-corrected chi connectivity index (χ2v) is 6.32. The summed E-state index contributed by atoms with van der Waals surface area (Å²) >= 11 is 2.87. The molecule has 22 heavy (non-hydrogen) atoms. The molecular formula is C15H18N2O3S2. The highest BCUT2D eigenvalue weighted by Gasteiger charge is 2.23. The van der Waals surface area contributed by atoms with Crippen molar-refractivity contribution in [3.63, 3.8) is 0 Å². The lowest BCUT2D eigenvalue weighted by atomic mass is 10.1. The number of carbonyl (C=O) groups excluding carboxylic acids is 2. The van der Waals surface area contributed by atoms with Gasteiger partial charge >= 0.3 is 5.97 Å². The summed E-state index contributed by atoms with van der Waals surface area (Å²) in [4.78, 5) is 25.1. The van der Waals surface area contributed by atoms with E-state index in [1.54, 1.807) is 18.3 Å². The molecule has 2 rings (SSSR count). The predicted molar refractivity (Wildman–Crippen MR) is 90.5 cm³/mol. The Kier molecular flexibility index (Phi) is 6.11. The van der Waals surface area contributed by atoms with Crippen molar-refractivity contribution in [1.29, 1.82) is 0 Å². The average Bonchev–Trinajstić information content (AvgIpc) is 3.14. The molecule has 0 fully saturated rings. The maximum Gasteiger partial charge on any atom is 0.341 e. The van der Waals surface area contributed by atoms with Crippen LogP contribution < -0.4 is 11.1 Å². The van der Waals surface area contributed by atoms with E-state index in [4.69, 9.17) is 10.5 Å². The molecule has 7 heteroatoms. The van der Waals surface area contributed by atoms with Crippen LogP contribution in [0.3, 0.4) is 0 Å². The summed E-state index contributed by atoms with van der Waals surface area (Å²) in [5.74, 6) is -0.558. The smallest absolute Gasteiger partial charge is 0.341 e. The lowest BCUT2D eigenvalue weighted by Gasteiger charge is -2.07. The highest BCUT2D eigenvalue weighted by molar-refractivity contribution is 7.17. The Hall–Kier alpha value is -1.70. The van der Waals surface area contributed by atoms with Gasteiger partial charge in [-0.25, -0.2) is 4.79 Å². The van der Waals surface area contributed by atoms with Gasteiger partial charge in [0.15, 0.2) is 0 Å². The quantitative estimate of drug-likeness (QED) is 0.759. The maximum absolute atomic E-state index is 12.3. The van der Waals surface area contributed by atoms with Gasteiger partial charge in [0, 0.05) is 22.2 Å². The van der Waals surface area contributed by atoms with Gasteiger partial charge in [-0.15, -0.1) is 22.7 Å². The largest absolute Gasteiger partial charge is 0.462 e. The molecule has 118 valence electrons. The zero-order valence-electron chi connectivity index (χ0n) is 12.3. The number of thiophene rings is 2. The van der Waals surface area contributed by atoms with E-state index >= 15 is 0 Å². The van der Waals surface area contributed by atoms with Crippen molar-refractivity contribution in [3.8, 4) is 10.4 Å². The lowest BCUT2D eigenvalue weighted by molar-refractivity contribution is -0.116. The first kappa shape index (κ1) is 16.7. The van der Waals surface area contributed by atoms with E-state index in [1.807, 2.05) is 22.9 Å². The summed E-state index contributed by atoms with van der Waals surface area (Å²) < 4.78 is 5.13. The van der Waals surface area contributed by atoms with Crippen LogP contribution in [0.25, 0.3) is 10.4 Å². The third-order valence-electron chi connectivity index (χ3n) is 2.92. The van der Waals surface area contributed by atoms with Gasteiger partial charge in [-0.2, -0.15) is 0 Å². The van der Waals surface area contributed by atoms with Gasteiger partial charge in [-0.3, -0.25) is 4.79 Å². The Labute approximate surface area is 137 Å². The number of hydrogen-bond donors (Lipinski definition) is 2. The van der Waals surface area contributed by atoms with E-state index < -0.39 is 5.97 Å². The first-order valence-electron chi connectivity index (χ1n) is 6.99. The molecule has 0 atom stereocenters. The van der Waals surface area contributed by atoms with Crippen molar-refractivity contribution >= 4 is 39.6 Å². The minimum atomic E-state index is -0.415. The minimum Gasteiger partial charge on any atom is -0.462 e. The van der Waals surface area contributed by atoms with Crippen LogP contribution in [0.4, 0.5) is 5.00 Å². The summed E-state index contributed by atoms with van der Waals surface area (Å²) in [6, 6.07) is 3.86. The first-order chi connectivity index (χ1) is 10.7. The number of rotatable bonds is 7. The van der Waals surface area contributed by atoms with E-state index in [1.165, 1.54) is 11.3 Å². The van der Waals surface area contributed by atoms with Gasteiger partial charge in [-0.1, -0.05) is 6.07 Å². The number of nitrogens with two attached hydrogens (primary N) is 1. The zero-order chi connectivity index (χ0) is 15.9. The van der Waals surface area contributed by atoms with Crippen molar-refractivity contribution in [1.82, 2.24) is 0 Å². The molecule has 2 aromatic rings. The number of ether oxygens (including phenoxy) is 1. The number of esters is 1. The molecule has 0 unspecified atom stereocenters. The zero-order valence-corrected chi connectivity index (χ0v) is 13.9. The third kappa shape index (κ3) is 3.94. The summed E-state index contributed by atoms with van der Waals surface area (Å²) in [6.45, 7) is 2.51. The van der Waals surface area contributed by atoms with Crippen LogP contribution in [-0.4, -0.2) is 25.0 Å². The number of nitrogens with one attached hydrogen (secondary N) is 1. The Morgan fingerprint density at radius 2 is 2.18 bits per heavy atom. The molecule has 0 spiro atoms. The van der Waals surface area contributed by atoms with Crippen LogP contribution in [0.15, 0.2) is 22.9 Å². The second kappa shape index (κ2) is 8.07. The molecule has 0 aromatic carbocycles. The molecule has 0 aliphatic heterocycles. The number of anilines is 1. The predicted octanol–water partition coefficient (Wildman–Crippen LogP) is 3.33. The Bertz CT molecular complexity index is 635. The number of amides is 1. The molecule has 2 aromatic heterocycles. The monoisotopic (exact) mass is 338 g/mol. The van der Waals surface area contributed by atoms with Crippen molar-refractivity contribution in [2.45, 2.75) is 19.8 Å². The number of hydrogen-bond acceptors (Lipinski definition) is 6. The van der Waals surface area contributed by atoms with Crippen LogP contribution in [0.1, 0.15) is 30.1 Å². The van der Waals surface area contributed by atoms with Crippen molar-refractivity contribution in [3.05, 3.63) is 28.5 Å². The summed E-state index contributed by atoms with van der Waals surface area (Å²) in [7, 11) is 0. The summed E-state index contributed by atoms with van der Waals surface area (Å²) in [5.41, 5.74) is 6.63. The minimum absolute atomic E-state index is 0.143. The maximum atomic E-state index is 12.3. The normalized spacial score (nSPS) is 10.5. The molecule has 2 heterocycles. The molecule has 0 radical (unpaired) electrons. The Morgan fingerprint density at radius 3 is 2.82 bits per heavy atom. The van der Waals surface area contributed by atoms with Crippen LogP contribution in [0.2, 0.25) is 0 Å². The molecule has 5 nitrogen and oxygen atoms in total. The van der Waals surface area contributed by atoms with Crippen molar-refractivity contribution < 1.29 is 14.3 Å².